The van der Waals surface area contributed by atoms with Crippen molar-refractivity contribution in [3.8, 4) is 0 Å². The lowest BCUT2D eigenvalue weighted by molar-refractivity contribution is -0.611. The molecule has 0 aromatic carbocycles. The van der Waals surface area contributed by atoms with Crippen LogP contribution in [0, 0.1) is 19.1 Å². The van der Waals surface area contributed by atoms with Crippen molar-refractivity contribution in [1.82, 2.24) is 4.57 Å². The number of hydrogen-bond donors (Lipinski definition) is 1. The lowest BCUT2D eigenvalue weighted by Gasteiger charge is -2.00. The summed E-state index contributed by atoms with van der Waals surface area (Å²) in [7, 11) is 0. The lowest BCUT2D eigenvalue weighted by Crippen LogP contribution is -2.26. The van der Waals surface area contributed by atoms with Gasteiger partial charge in [0.1, 0.15) is 17.9 Å². The third-order valence-electron chi connectivity index (χ3n) is 1.99. The van der Waals surface area contributed by atoms with E-state index in [0.717, 1.165) is 10.4 Å². The van der Waals surface area contributed by atoms with E-state index in [0.29, 0.717) is 12.2 Å². The van der Waals surface area contributed by atoms with E-state index in [1.165, 1.54) is 6.33 Å². The Bertz CT molecular complexity index is 279. The Kier molecular flexibility index (Phi) is 2.38. The van der Waals surface area contributed by atoms with Crippen LogP contribution in [0.25, 0.3) is 0 Å². The molecule has 0 saturated heterocycles. The first-order valence-corrected chi connectivity index (χ1v) is 3.96. The van der Waals surface area contributed by atoms with Crippen LogP contribution in [0.3, 0.4) is 0 Å². The zero-order valence-electron chi connectivity index (χ0n) is 7.61. The molecule has 68 valence electrons. The Hall–Kier alpha value is -1.03. The largest absolute Gasteiger partial charge is 0.711 e. The molecule has 0 aliphatic heterocycles. The fourth-order valence-corrected chi connectivity index (χ4v) is 1.14. The molecular formula is C8H14N2O2. The van der Waals surface area contributed by atoms with Crippen molar-refractivity contribution in [2.75, 3.05) is 0 Å². The van der Waals surface area contributed by atoms with Crippen LogP contribution in [-0.2, 0) is 6.54 Å². The molecule has 0 unspecified atom stereocenters. The van der Waals surface area contributed by atoms with Gasteiger partial charge in [0.05, 0.1) is 6.10 Å². The first kappa shape index (κ1) is 9.06. The van der Waals surface area contributed by atoms with E-state index in [1.807, 2.05) is 6.92 Å². The van der Waals surface area contributed by atoms with Crippen LogP contribution in [0.4, 0.5) is 0 Å². The quantitative estimate of drug-likeness (QED) is 0.506. The van der Waals surface area contributed by atoms with E-state index in [9.17, 15) is 5.21 Å². The second-order valence-corrected chi connectivity index (χ2v) is 3.11. The van der Waals surface area contributed by atoms with E-state index in [4.69, 9.17) is 5.11 Å². The summed E-state index contributed by atoms with van der Waals surface area (Å²) >= 11 is 0. The van der Waals surface area contributed by atoms with Crippen LogP contribution >= 0.6 is 0 Å². The summed E-state index contributed by atoms with van der Waals surface area (Å²) in [5, 5.41) is 20.2. The minimum atomic E-state index is -0.421. The van der Waals surface area contributed by atoms with Gasteiger partial charge in [0.2, 0.25) is 6.33 Å². The second-order valence-electron chi connectivity index (χ2n) is 3.11. The third kappa shape index (κ3) is 1.58. The number of nitrogens with zero attached hydrogens (tertiary/aromatic N) is 2. The Labute approximate surface area is 71.6 Å². The van der Waals surface area contributed by atoms with Gasteiger partial charge in [-0.15, -0.1) is 0 Å². The average Bonchev–Trinajstić information content (AvgIpc) is 2.17. The van der Waals surface area contributed by atoms with Gasteiger partial charge in [-0.1, -0.05) is 0 Å². The van der Waals surface area contributed by atoms with Gasteiger partial charge in [-0.2, -0.15) is 0 Å². The maximum atomic E-state index is 11.1. The molecule has 0 radical (unpaired) electrons. The van der Waals surface area contributed by atoms with Crippen molar-refractivity contribution >= 4 is 0 Å². The van der Waals surface area contributed by atoms with Gasteiger partial charge < -0.3 is 10.3 Å². The molecule has 0 aliphatic rings. The van der Waals surface area contributed by atoms with Crippen LogP contribution < -0.4 is 4.73 Å². The monoisotopic (exact) mass is 170 g/mol. The van der Waals surface area contributed by atoms with Crippen molar-refractivity contribution in [2.24, 2.45) is 0 Å². The van der Waals surface area contributed by atoms with E-state index >= 15 is 0 Å². The Morgan fingerprint density at radius 3 is 2.58 bits per heavy atom. The van der Waals surface area contributed by atoms with Crippen molar-refractivity contribution in [2.45, 2.75) is 33.4 Å². The van der Waals surface area contributed by atoms with Crippen molar-refractivity contribution in [3.63, 3.8) is 0 Å². The zero-order valence-corrected chi connectivity index (χ0v) is 7.61. The van der Waals surface area contributed by atoms with E-state index in [1.54, 1.807) is 18.4 Å². The van der Waals surface area contributed by atoms with Crippen LogP contribution in [0.1, 0.15) is 18.3 Å². The number of aromatic nitrogens is 2. The number of imidazole rings is 1. The molecule has 0 aliphatic carbocycles. The molecule has 0 spiro atoms. The highest BCUT2D eigenvalue weighted by molar-refractivity contribution is 5.03. The predicted molar refractivity (Wildman–Crippen MR) is 44.5 cm³/mol. The maximum absolute atomic E-state index is 11.1. The topological polar surface area (TPSA) is 52.1 Å². The van der Waals surface area contributed by atoms with Gasteiger partial charge in [-0.3, -0.25) is 0 Å². The summed E-state index contributed by atoms with van der Waals surface area (Å²) in [6.07, 6.45) is 1.03. The summed E-state index contributed by atoms with van der Waals surface area (Å²) in [5.41, 5.74) is 1.60. The molecule has 1 heterocycles. The smallest absolute Gasteiger partial charge is 0.247 e. The van der Waals surface area contributed by atoms with Gasteiger partial charge in [-0.25, -0.2) is 9.30 Å². The Morgan fingerprint density at radius 1 is 1.67 bits per heavy atom. The van der Waals surface area contributed by atoms with Gasteiger partial charge in [0, 0.05) is 13.8 Å². The second kappa shape index (κ2) is 3.15. The van der Waals surface area contributed by atoms with Crippen LogP contribution in [0.15, 0.2) is 6.33 Å². The van der Waals surface area contributed by atoms with Gasteiger partial charge in [0.15, 0.2) is 0 Å². The van der Waals surface area contributed by atoms with Gasteiger partial charge >= 0.3 is 0 Å². The van der Waals surface area contributed by atoms with Crippen LogP contribution in [-0.4, -0.2) is 15.8 Å². The highest BCUT2D eigenvalue weighted by Crippen LogP contribution is 2.02. The highest BCUT2D eigenvalue weighted by atomic mass is 16.5. The summed E-state index contributed by atoms with van der Waals surface area (Å²) in [6.45, 7) is 5.80. The molecular weight excluding hydrogens is 156 g/mol. The molecule has 0 saturated carbocycles. The molecule has 0 bridgehead atoms. The predicted octanol–water partition coefficient (Wildman–Crippen LogP) is 0.119. The highest BCUT2D eigenvalue weighted by Gasteiger charge is 2.12. The summed E-state index contributed by atoms with van der Waals surface area (Å²) in [6, 6.07) is 0. The Balaban J connectivity index is 2.93. The third-order valence-corrected chi connectivity index (χ3v) is 1.99. The fourth-order valence-electron chi connectivity index (χ4n) is 1.14. The maximum Gasteiger partial charge on any atom is 0.247 e. The molecule has 12 heavy (non-hydrogen) atoms. The Morgan fingerprint density at radius 2 is 2.25 bits per heavy atom. The average molecular weight is 170 g/mol. The first-order chi connectivity index (χ1) is 5.52. The molecule has 1 aromatic heterocycles. The molecule has 1 rings (SSSR count). The number of aliphatic hydroxyl groups excluding tert-OH is 1. The van der Waals surface area contributed by atoms with Gasteiger partial charge in [0.25, 0.3) is 0 Å². The zero-order chi connectivity index (χ0) is 9.30. The minimum absolute atomic E-state index is 0.421. The van der Waals surface area contributed by atoms with Gasteiger partial charge in [-0.05, 0) is 6.92 Å². The number of rotatable bonds is 2. The SMILES string of the molecule is Cc1c(C)[n+]([O-])cn1C[C@H](C)O. The van der Waals surface area contributed by atoms with E-state index in [-0.39, 0.29) is 0 Å². The van der Waals surface area contributed by atoms with Crippen molar-refractivity contribution in [1.29, 1.82) is 0 Å². The molecule has 4 heteroatoms. The molecule has 1 atom stereocenters. The molecule has 0 fully saturated rings. The minimum Gasteiger partial charge on any atom is -0.711 e. The van der Waals surface area contributed by atoms with Crippen LogP contribution in [0.5, 0.6) is 0 Å². The molecule has 1 N–H and O–H groups in total. The summed E-state index contributed by atoms with van der Waals surface area (Å²) in [4.78, 5) is 0. The number of hydrogen-bond acceptors (Lipinski definition) is 2. The first-order valence-electron chi connectivity index (χ1n) is 3.96. The standard InChI is InChI=1S/C8H14N2O2/c1-6(11)4-9-5-10(12)8(3)7(9)2/h5-6,11H,4H2,1-3H3/t6-/m0/s1. The normalized spacial score (nSPS) is 13.3. The fraction of sp³-hybridized carbons (Fsp3) is 0.625. The van der Waals surface area contributed by atoms with E-state index < -0.39 is 6.10 Å². The molecule has 0 amide bonds. The lowest BCUT2D eigenvalue weighted by atomic mass is 10.3. The molecule has 1 aromatic rings. The van der Waals surface area contributed by atoms with E-state index in [2.05, 4.69) is 0 Å². The van der Waals surface area contributed by atoms with Crippen molar-refractivity contribution < 1.29 is 9.84 Å². The van der Waals surface area contributed by atoms with Crippen molar-refractivity contribution in [3.05, 3.63) is 22.9 Å². The molecule has 4 nitrogen and oxygen atoms in total. The van der Waals surface area contributed by atoms with Crippen LogP contribution in [0.2, 0.25) is 0 Å². The summed E-state index contributed by atoms with van der Waals surface area (Å²) < 4.78 is 2.57. The summed E-state index contributed by atoms with van der Waals surface area (Å²) in [5.74, 6) is 0. The number of aliphatic hydroxyl groups is 1.